The Balaban J connectivity index is 1.62. The summed E-state index contributed by atoms with van der Waals surface area (Å²) in [4.78, 5) is 12.8. The van der Waals surface area contributed by atoms with Gasteiger partial charge < -0.3 is 5.32 Å². The second-order valence-electron chi connectivity index (χ2n) is 6.77. The van der Waals surface area contributed by atoms with Crippen molar-refractivity contribution >= 4 is 38.9 Å². The molecule has 5 nitrogen and oxygen atoms in total. The minimum absolute atomic E-state index is 0.268. The number of amides is 1. The molecule has 0 bridgehead atoms. The van der Waals surface area contributed by atoms with Crippen LogP contribution in [-0.2, 0) is 16.4 Å². The van der Waals surface area contributed by atoms with Crippen LogP contribution in [0.15, 0.2) is 77.7 Å². The molecule has 0 fully saturated rings. The normalized spacial score (nSPS) is 13.6. The van der Waals surface area contributed by atoms with Crippen molar-refractivity contribution in [3.63, 3.8) is 0 Å². The Hall–Kier alpha value is -2.83. The zero-order valence-corrected chi connectivity index (χ0v) is 17.1. The quantitative estimate of drug-likeness (QED) is 0.655. The summed E-state index contributed by atoms with van der Waals surface area (Å²) in [5.74, 6) is -0.305. The second kappa shape index (κ2) is 7.89. The average molecular weight is 427 g/mol. The SMILES string of the molecule is O=C(Nc1ccc2c(c1)CCCN2S(=O)(=O)c1ccccc1)c1ccccc1Cl. The van der Waals surface area contributed by atoms with Gasteiger partial charge in [-0.2, -0.15) is 0 Å². The molecule has 148 valence electrons. The summed E-state index contributed by atoms with van der Waals surface area (Å²) in [6.45, 7) is 0.426. The number of aryl methyl sites for hydroxylation is 1. The van der Waals surface area contributed by atoms with Crippen LogP contribution in [0, 0.1) is 0 Å². The van der Waals surface area contributed by atoms with Crippen LogP contribution in [0.4, 0.5) is 11.4 Å². The van der Waals surface area contributed by atoms with Gasteiger partial charge in [0.2, 0.25) is 0 Å². The number of benzene rings is 3. The van der Waals surface area contributed by atoms with E-state index in [0.29, 0.717) is 34.9 Å². The number of fused-ring (bicyclic) bond motifs is 1. The van der Waals surface area contributed by atoms with E-state index in [2.05, 4.69) is 5.32 Å². The third-order valence-corrected chi connectivity index (χ3v) is 7.02. The van der Waals surface area contributed by atoms with Gasteiger partial charge in [0.1, 0.15) is 0 Å². The molecule has 0 saturated carbocycles. The van der Waals surface area contributed by atoms with Crippen LogP contribution in [0.2, 0.25) is 5.02 Å². The molecule has 3 aromatic rings. The van der Waals surface area contributed by atoms with Crippen LogP contribution in [0.1, 0.15) is 22.3 Å². The van der Waals surface area contributed by atoms with Crippen molar-refractivity contribution < 1.29 is 13.2 Å². The fourth-order valence-electron chi connectivity index (χ4n) is 3.45. The predicted molar refractivity (Wildman–Crippen MR) is 115 cm³/mol. The number of hydrogen-bond acceptors (Lipinski definition) is 3. The molecule has 4 rings (SSSR count). The minimum Gasteiger partial charge on any atom is -0.322 e. The Morgan fingerprint density at radius 1 is 0.966 bits per heavy atom. The molecule has 0 aliphatic carbocycles. The zero-order chi connectivity index (χ0) is 20.4. The van der Waals surface area contributed by atoms with E-state index < -0.39 is 10.0 Å². The topological polar surface area (TPSA) is 66.5 Å². The van der Waals surface area contributed by atoms with Gasteiger partial charge in [0.15, 0.2) is 0 Å². The van der Waals surface area contributed by atoms with E-state index in [-0.39, 0.29) is 10.8 Å². The van der Waals surface area contributed by atoms with Crippen molar-refractivity contribution in [1.29, 1.82) is 0 Å². The van der Waals surface area contributed by atoms with Crippen LogP contribution < -0.4 is 9.62 Å². The number of carbonyl (C=O) groups is 1. The highest BCUT2D eigenvalue weighted by Crippen LogP contribution is 2.34. The summed E-state index contributed by atoms with van der Waals surface area (Å²) in [6, 6.07) is 20.5. The van der Waals surface area contributed by atoms with Gasteiger partial charge in [-0.3, -0.25) is 9.10 Å². The van der Waals surface area contributed by atoms with Gasteiger partial charge in [-0.25, -0.2) is 8.42 Å². The monoisotopic (exact) mass is 426 g/mol. The molecule has 0 atom stereocenters. The van der Waals surface area contributed by atoms with Crippen LogP contribution in [0.25, 0.3) is 0 Å². The van der Waals surface area contributed by atoms with E-state index in [1.165, 1.54) is 4.31 Å². The molecule has 7 heteroatoms. The fourth-order valence-corrected chi connectivity index (χ4v) is 5.24. The lowest BCUT2D eigenvalue weighted by Gasteiger charge is -2.31. The first-order valence-electron chi connectivity index (χ1n) is 9.23. The summed E-state index contributed by atoms with van der Waals surface area (Å²) in [7, 11) is -3.63. The Labute approximate surface area is 175 Å². The van der Waals surface area contributed by atoms with E-state index in [1.807, 2.05) is 6.07 Å². The van der Waals surface area contributed by atoms with E-state index in [0.717, 1.165) is 12.0 Å². The van der Waals surface area contributed by atoms with Crippen LogP contribution in [0.5, 0.6) is 0 Å². The molecule has 1 N–H and O–H groups in total. The Bertz CT molecular complexity index is 1160. The van der Waals surface area contributed by atoms with E-state index in [1.54, 1.807) is 66.7 Å². The van der Waals surface area contributed by atoms with Crippen molar-refractivity contribution in [2.24, 2.45) is 0 Å². The van der Waals surface area contributed by atoms with Crippen molar-refractivity contribution in [2.45, 2.75) is 17.7 Å². The molecule has 0 aromatic heterocycles. The smallest absolute Gasteiger partial charge is 0.264 e. The van der Waals surface area contributed by atoms with Gasteiger partial charge in [-0.1, -0.05) is 41.9 Å². The molecular formula is C22H19ClN2O3S. The van der Waals surface area contributed by atoms with Crippen molar-refractivity contribution in [1.82, 2.24) is 0 Å². The molecule has 1 heterocycles. The molecule has 1 aliphatic rings. The van der Waals surface area contributed by atoms with Gasteiger partial charge in [0.25, 0.3) is 15.9 Å². The van der Waals surface area contributed by atoms with Crippen molar-refractivity contribution in [2.75, 3.05) is 16.2 Å². The van der Waals surface area contributed by atoms with Gasteiger partial charge >= 0.3 is 0 Å². The molecule has 0 unspecified atom stereocenters. The van der Waals surface area contributed by atoms with Crippen LogP contribution >= 0.6 is 11.6 Å². The average Bonchev–Trinajstić information content (AvgIpc) is 2.74. The highest BCUT2D eigenvalue weighted by Gasteiger charge is 2.29. The first-order valence-corrected chi connectivity index (χ1v) is 11.1. The molecule has 3 aromatic carbocycles. The zero-order valence-electron chi connectivity index (χ0n) is 15.5. The molecule has 0 radical (unpaired) electrons. The van der Waals surface area contributed by atoms with Gasteiger partial charge in [0, 0.05) is 12.2 Å². The Morgan fingerprint density at radius 3 is 2.45 bits per heavy atom. The second-order valence-corrected chi connectivity index (χ2v) is 9.04. The summed E-state index contributed by atoms with van der Waals surface area (Å²) in [5, 5.41) is 3.22. The highest BCUT2D eigenvalue weighted by atomic mass is 35.5. The number of nitrogens with zero attached hydrogens (tertiary/aromatic N) is 1. The Morgan fingerprint density at radius 2 is 1.69 bits per heavy atom. The summed E-state index contributed by atoms with van der Waals surface area (Å²) in [5.41, 5.74) is 2.52. The number of nitrogens with one attached hydrogen (secondary N) is 1. The van der Waals surface area contributed by atoms with Gasteiger partial charge in [0.05, 0.1) is 21.2 Å². The number of hydrogen-bond donors (Lipinski definition) is 1. The summed E-state index contributed by atoms with van der Waals surface area (Å²) >= 11 is 6.09. The van der Waals surface area contributed by atoms with E-state index in [4.69, 9.17) is 11.6 Å². The maximum absolute atomic E-state index is 13.1. The summed E-state index contributed by atoms with van der Waals surface area (Å²) < 4.78 is 27.6. The van der Waals surface area contributed by atoms with E-state index in [9.17, 15) is 13.2 Å². The highest BCUT2D eigenvalue weighted by molar-refractivity contribution is 7.92. The molecule has 1 aliphatic heterocycles. The number of carbonyl (C=O) groups excluding carboxylic acids is 1. The lowest BCUT2D eigenvalue weighted by molar-refractivity contribution is 0.102. The molecule has 0 spiro atoms. The van der Waals surface area contributed by atoms with Crippen molar-refractivity contribution in [3.05, 3.63) is 88.9 Å². The number of halogens is 1. The maximum Gasteiger partial charge on any atom is 0.264 e. The lowest BCUT2D eigenvalue weighted by Crippen LogP contribution is -2.35. The first kappa shape index (κ1) is 19.5. The predicted octanol–water partition coefficient (Wildman–Crippen LogP) is 4.73. The van der Waals surface area contributed by atoms with Gasteiger partial charge in [-0.05, 0) is 60.9 Å². The Kier molecular flexibility index (Phi) is 5.30. The largest absolute Gasteiger partial charge is 0.322 e. The molecular weight excluding hydrogens is 408 g/mol. The third kappa shape index (κ3) is 3.86. The standard InChI is InChI=1S/C22H19ClN2O3S/c23-20-11-5-4-10-19(20)22(26)24-17-12-13-21-16(15-17)7-6-14-25(21)29(27,28)18-8-2-1-3-9-18/h1-5,8-13,15H,6-7,14H2,(H,24,26). The number of anilines is 2. The number of sulfonamides is 1. The first-order chi connectivity index (χ1) is 14.0. The third-order valence-electron chi connectivity index (χ3n) is 4.86. The molecule has 29 heavy (non-hydrogen) atoms. The van der Waals surface area contributed by atoms with Crippen LogP contribution in [0.3, 0.4) is 0 Å². The lowest BCUT2D eigenvalue weighted by atomic mass is 10.0. The van der Waals surface area contributed by atoms with E-state index >= 15 is 0 Å². The fraction of sp³-hybridized carbons (Fsp3) is 0.136. The molecule has 1 amide bonds. The van der Waals surface area contributed by atoms with Gasteiger partial charge in [-0.15, -0.1) is 0 Å². The minimum atomic E-state index is -3.63. The maximum atomic E-state index is 13.1. The summed E-state index contributed by atoms with van der Waals surface area (Å²) in [6.07, 6.45) is 1.45. The number of rotatable bonds is 4. The van der Waals surface area contributed by atoms with Crippen molar-refractivity contribution in [3.8, 4) is 0 Å². The molecule has 0 saturated heterocycles. The van der Waals surface area contributed by atoms with Crippen LogP contribution in [-0.4, -0.2) is 20.9 Å².